The van der Waals surface area contributed by atoms with Crippen molar-refractivity contribution in [1.29, 1.82) is 0 Å². The van der Waals surface area contributed by atoms with Crippen molar-refractivity contribution >= 4 is 35.9 Å². The molecule has 0 aromatic heterocycles. The number of likely N-dealkylation sites (tertiary alicyclic amines) is 1. The van der Waals surface area contributed by atoms with E-state index >= 15 is 0 Å². The highest BCUT2D eigenvalue weighted by atomic mass is 127. The predicted molar refractivity (Wildman–Crippen MR) is 114 cm³/mol. The van der Waals surface area contributed by atoms with Crippen LogP contribution in [0.3, 0.4) is 0 Å². The maximum Gasteiger partial charge on any atom is 0.401 e. The highest BCUT2D eigenvalue weighted by Gasteiger charge is 2.34. The van der Waals surface area contributed by atoms with Gasteiger partial charge in [-0.05, 0) is 24.1 Å². The average Bonchev–Trinajstić information content (AvgIpc) is 3.09. The summed E-state index contributed by atoms with van der Waals surface area (Å²) in [4.78, 5) is 17.3. The molecule has 0 bridgehead atoms. The molecule has 1 aliphatic heterocycles. The van der Waals surface area contributed by atoms with Crippen molar-refractivity contribution < 1.29 is 27.4 Å². The SMILES string of the molecule is CN=C(NCc1ccc(OC)c(C(=O)OC)c1)NC1CCN(CC(F)(F)F)C1.I. The van der Waals surface area contributed by atoms with Gasteiger partial charge in [-0.1, -0.05) is 6.07 Å². The quantitative estimate of drug-likeness (QED) is 0.255. The van der Waals surface area contributed by atoms with E-state index in [9.17, 15) is 18.0 Å². The van der Waals surface area contributed by atoms with Crippen LogP contribution in [0.5, 0.6) is 5.75 Å². The van der Waals surface area contributed by atoms with Crippen LogP contribution >= 0.6 is 24.0 Å². The number of benzene rings is 1. The Morgan fingerprint density at radius 3 is 2.66 bits per heavy atom. The van der Waals surface area contributed by atoms with Gasteiger partial charge in [-0.2, -0.15) is 13.2 Å². The van der Waals surface area contributed by atoms with E-state index in [1.54, 1.807) is 25.2 Å². The maximum atomic E-state index is 12.5. The Morgan fingerprint density at radius 2 is 2.07 bits per heavy atom. The molecule has 2 rings (SSSR count). The lowest BCUT2D eigenvalue weighted by Crippen LogP contribution is -2.44. The van der Waals surface area contributed by atoms with Gasteiger partial charge < -0.3 is 20.1 Å². The molecule has 29 heavy (non-hydrogen) atoms. The zero-order valence-corrected chi connectivity index (χ0v) is 18.8. The second-order valence-electron chi connectivity index (χ2n) is 6.43. The molecular weight excluding hydrogens is 504 g/mol. The molecule has 1 aromatic carbocycles. The van der Waals surface area contributed by atoms with Crippen molar-refractivity contribution in [2.24, 2.45) is 4.99 Å². The molecule has 1 unspecified atom stereocenters. The molecule has 164 valence electrons. The van der Waals surface area contributed by atoms with Gasteiger partial charge in [-0.15, -0.1) is 24.0 Å². The molecule has 11 heteroatoms. The van der Waals surface area contributed by atoms with Gasteiger partial charge in [0, 0.05) is 32.7 Å². The third-order valence-electron chi connectivity index (χ3n) is 4.37. The van der Waals surface area contributed by atoms with Gasteiger partial charge in [0.2, 0.25) is 0 Å². The lowest BCUT2D eigenvalue weighted by atomic mass is 10.1. The summed E-state index contributed by atoms with van der Waals surface area (Å²) < 4.78 is 47.4. The molecular formula is C18H26F3IN4O3. The standard InChI is InChI=1S/C18H25F3N4O3.HI/c1-22-17(24-13-6-7-25(10-13)11-18(19,20)21)23-9-12-4-5-15(27-2)14(8-12)16(26)28-3;/h4-5,8,13H,6-7,9-11H2,1-3H3,(H2,22,23,24);1H. The Labute approximate surface area is 185 Å². The lowest BCUT2D eigenvalue weighted by molar-refractivity contribution is -0.143. The molecule has 2 N–H and O–H groups in total. The molecule has 1 aliphatic rings. The van der Waals surface area contributed by atoms with Gasteiger partial charge in [0.25, 0.3) is 0 Å². The van der Waals surface area contributed by atoms with E-state index in [0.29, 0.717) is 43.3 Å². The summed E-state index contributed by atoms with van der Waals surface area (Å²) in [5, 5.41) is 6.24. The molecule has 0 saturated carbocycles. The number of carbonyl (C=O) groups is 1. The first-order valence-electron chi connectivity index (χ1n) is 8.77. The van der Waals surface area contributed by atoms with Crippen LogP contribution in [-0.4, -0.2) is 69.9 Å². The first kappa shape index (κ1) is 25.3. The number of rotatable bonds is 6. The van der Waals surface area contributed by atoms with E-state index in [2.05, 4.69) is 15.6 Å². The summed E-state index contributed by atoms with van der Waals surface area (Å²) >= 11 is 0. The molecule has 0 aliphatic carbocycles. The summed E-state index contributed by atoms with van der Waals surface area (Å²) in [6.07, 6.45) is -3.59. The Morgan fingerprint density at radius 1 is 1.34 bits per heavy atom. The van der Waals surface area contributed by atoms with Crippen molar-refractivity contribution in [3.63, 3.8) is 0 Å². The molecule has 0 spiro atoms. The number of hydrogen-bond acceptors (Lipinski definition) is 5. The van der Waals surface area contributed by atoms with Crippen LogP contribution in [0.25, 0.3) is 0 Å². The fourth-order valence-corrected chi connectivity index (χ4v) is 3.06. The van der Waals surface area contributed by atoms with E-state index < -0.39 is 18.7 Å². The first-order chi connectivity index (χ1) is 13.3. The molecule has 7 nitrogen and oxygen atoms in total. The van der Waals surface area contributed by atoms with E-state index in [-0.39, 0.29) is 30.0 Å². The largest absolute Gasteiger partial charge is 0.496 e. The second-order valence-corrected chi connectivity index (χ2v) is 6.43. The number of hydrogen-bond donors (Lipinski definition) is 2. The summed E-state index contributed by atoms with van der Waals surface area (Å²) in [5.41, 5.74) is 1.11. The van der Waals surface area contributed by atoms with E-state index in [0.717, 1.165) is 5.56 Å². The number of alkyl halides is 3. The number of esters is 1. The average molecular weight is 530 g/mol. The number of nitrogens with one attached hydrogen (secondary N) is 2. The van der Waals surface area contributed by atoms with E-state index in [4.69, 9.17) is 9.47 Å². The van der Waals surface area contributed by atoms with Crippen LogP contribution in [0.4, 0.5) is 13.2 Å². The molecule has 1 fully saturated rings. The lowest BCUT2D eigenvalue weighted by Gasteiger charge is -2.20. The normalized spacial score (nSPS) is 17.4. The van der Waals surface area contributed by atoms with E-state index in [1.807, 2.05) is 0 Å². The van der Waals surface area contributed by atoms with Crippen LogP contribution in [0.2, 0.25) is 0 Å². The van der Waals surface area contributed by atoms with Gasteiger partial charge in [-0.3, -0.25) is 9.89 Å². The van der Waals surface area contributed by atoms with Crippen molar-refractivity contribution in [2.45, 2.75) is 25.2 Å². The Bertz CT molecular complexity index is 716. The van der Waals surface area contributed by atoms with Crippen LogP contribution in [0, 0.1) is 0 Å². The van der Waals surface area contributed by atoms with Gasteiger partial charge in [0.1, 0.15) is 11.3 Å². The number of nitrogens with zero attached hydrogens (tertiary/aromatic N) is 2. The fraction of sp³-hybridized carbons (Fsp3) is 0.556. The van der Waals surface area contributed by atoms with E-state index in [1.165, 1.54) is 19.1 Å². The molecule has 1 atom stereocenters. The zero-order chi connectivity index (χ0) is 20.7. The van der Waals surface area contributed by atoms with Crippen LogP contribution in [0.1, 0.15) is 22.3 Å². The van der Waals surface area contributed by atoms with Crippen molar-refractivity contribution in [2.75, 3.05) is 40.9 Å². The van der Waals surface area contributed by atoms with Crippen LogP contribution < -0.4 is 15.4 Å². The van der Waals surface area contributed by atoms with Gasteiger partial charge >= 0.3 is 12.1 Å². The minimum absolute atomic E-state index is 0. The number of methoxy groups -OCH3 is 2. The third kappa shape index (κ3) is 7.88. The Kier molecular flexibility index (Phi) is 9.96. The Hall–Kier alpha value is -1.76. The second kappa shape index (κ2) is 11.4. The summed E-state index contributed by atoms with van der Waals surface area (Å²) in [6.45, 7) is 0.149. The minimum Gasteiger partial charge on any atom is -0.496 e. The fourth-order valence-electron chi connectivity index (χ4n) is 3.06. The number of halogens is 4. The highest BCUT2D eigenvalue weighted by molar-refractivity contribution is 14.0. The number of carbonyl (C=O) groups excluding carboxylic acids is 1. The molecule has 1 saturated heterocycles. The first-order valence-corrected chi connectivity index (χ1v) is 8.77. The smallest absolute Gasteiger partial charge is 0.401 e. The van der Waals surface area contributed by atoms with Gasteiger partial charge in [0.05, 0.1) is 20.8 Å². The van der Waals surface area contributed by atoms with Crippen molar-refractivity contribution in [1.82, 2.24) is 15.5 Å². The third-order valence-corrected chi connectivity index (χ3v) is 4.37. The molecule has 0 amide bonds. The summed E-state index contributed by atoms with van der Waals surface area (Å²) in [7, 11) is 4.35. The molecule has 1 aromatic rings. The topological polar surface area (TPSA) is 75.2 Å². The van der Waals surface area contributed by atoms with Crippen LogP contribution in [0.15, 0.2) is 23.2 Å². The highest BCUT2D eigenvalue weighted by Crippen LogP contribution is 2.21. The number of aliphatic imine (C=N–C) groups is 1. The summed E-state index contributed by atoms with van der Waals surface area (Å²) in [6, 6.07) is 5.01. The van der Waals surface area contributed by atoms with Crippen molar-refractivity contribution in [3.05, 3.63) is 29.3 Å². The Balaban J connectivity index is 0.00000420. The molecule has 1 heterocycles. The molecule has 0 radical (unpaired) electrons. The van der Waals surface area contributed by atoms with Gasteiger partial charge in [0.15, 0.2) is 5.96 Å². The van der Waals surface area contributed by atoms with Crippen LogP contribution in [-0.2, 0) is 11.3 Å². The van der Waals surface area contributed by atoms with Crippen molar-refractivity contribution in [3.8, 4) is 5.75 Å². The monoisotopic (exact) mass is 530 g/mol. The van der Waals surface area contributed by atoms with Gasteiger partial charge in [-0.25, -0.2) is 4.79 Å². The number of guanidine groups is 1. The minimum atomic E-state index is -4.19. The zero-order valence-electron chi connectivity index (χ0n) is 16.5. The predicted octanol–water partition coefficient (Wildman–Crippen LogP) is 2.40. The maximum absolute atomic E-state index is 12.5. The summed E-state index contributed by atoms with van der Waals surface area (Å²) in [5.74, 6) is 0.389. The number of ether oxygens (including phenoxy) is 2.